The molecule has 0 unspecified atom stereocenters. The summed E-state index contributed by atoms with van der Waals surface area (Å²) in [6, 6.07) is 10.3. The van der Waals surface area contributed by atoms with E-state index in [2.05, 4.69) is 15.1 Å². The number of aliphatic hydroxyl groups is 1. The van der Waals surface area contributed by atoms with Crippen molar-refractivity contribution in [3.8, 4) is 11.4 Å². The summed E-state index contributed by atoms with van der Waals surface area (Å²) in [7, 11) is 1.64. The van der Waals surface area contributed by atoms with Gasteiger partial charge in [-0.1, -0.05) is 0 Å². The SMILES string of the molecule is Cc1cc(-c2ncc3cc(C(F)(F)F)ccc3n2)ccc1N(C)C(=O)c1ccnn1CCO. The van der Waals surface area contributed by atoms with Crippen LogP contribution in [0.3, 0.4) is 0 Å². The highest BCUT2D eigenvalue weighted by atomic mass is 19.4. The number of aryl methyl sites for hydroxylation is 1. The van der Waals surface area contributed by atoms with E-state index in [9.17, 15) is 18.0 Å². The number of nitrogens with zero attached hydrogens (tertiary/aromatic N) is 5. The smallest absolute Gasteiger partial charge is 0.394 e. The van der Waals surface area contributed by atoms with E-state index >= 15 is 0 Å². The first kappa shape index (κ1) is 22.4. The highest BCUT2D eigenvalue weighted by molar-refractivity contribution is 6.05. The van der Waals surface area contributed by atoms with Gasteiger partial charge in [0.1, 0.15) is 5.69 Å². The Bertz CT molecular complexity index is 1330. The molecule has 4 rings (SSSR count). The highest BCUT2D eigenvalue weighted by Crippen LogP contribution is 2.32. The van der Waals surface area contributed by atoms with Gasteiger partial charge >= 0.3 is 6.18 Å². The summed E-state index contributed by atoms with van der Waals surface area (Å²) in [6.07, 6.45) is -1.56. The molecule has 0 aliphatic rings. The van der Waals surface area contributed by atoms with Crippen molar-refractivity contribution >= 4 is 22.5 Å². The number of amides is 1. The summed E-state index contributed by atoms with van der Waals surface area (Å²) in [5.41, 5.74) is 2.12. The normalized spacial score (nSPS) is 11.7. The van der Waals surface area contributed by atoms with Crippen LogP contribution in [-0.4, -0.2) is 44.4 Å². The van der Waals surface area contributed by atoms with Crippen molar-refractivity contribution in [2.75, 3.05) is 18.6 Å². The van der Waals surface area contributed by atoms with Crippen LogP contribution in [0.4, 0.5) is 18.9 Å². The number of anilines is 1. The van der Waals surface area contributed by atoms with Gasteiger partial charge < -0.3 is 10.0 Å². The Balaban J connectivity index is 1.62. The topological polar surface area (TPSA) is 84.1 Å². The van der Waals surface area contributed by atoms with Crippen molar-refractivity contribution in [2.45, 2.75) is 19.6 Å². The van der Waals surface area contributed by atoms with Crippen LogP contribution in [0.1, 0.15) is 21.6 Å². The summed E-state index contributed by atoms with van der Waals surface area (Å²) < 4.78 is 40.2. The Morgan fingerprint density at radius 2 is 1.94 bits per heavy atom. The molecular weight excluding hydrogens is 435 g/mol. The Kier molecular flexibility index (Phi) is 5.86. The van der Waals surface area contributed by atoms with Crippen molar-refractivity contribution in [1.29, 1.82) is 0 Å². The minimum absolute atomic E-state index is 0.136. The summed E-state index contributed by atoms with van der Waals surface area (Å²) >= 11 is 0. The lowest BCUT2D eigenvalue weighted by Crippen LogP contribution is -2.29. The maximum Gasteiger partial charge on any atom is 0.416 e. The molecule has 0 aliphatic heterocycles. The largest absolute Gasteiger partial charge is 0.416 e. The minimum Gasteiger partial charge on any atom is -0.394 e. The summed E-state index contributed by atoms with van der Waals surface area (Å²) in [6.45, 7) is 1.91. The first-order valence-electron chi connectivity index (χ1n) is 10.0. The van der Waals surface area contributed by atoms with Crippen molar-refractivity contribution in [1.82, 2.24) is 19.7 Å². The molecule has 4 aromatic rings. The van der Waals surface area contributed by atoms with Gasteiger partial charge in [0.15, 0.2) is 5.82 Å². The molecule has 170 valence electrons. The lowest BCUT2D eigenvalue weighted by Gasteiger charge is -2.20. The predicted octanol–water partition coefficient (Wildman–Crippen LogP) is 4.09. The van der Waals surface area contributed by atoms with Gasteiger partial charge in [-0.25, -0.2) is 9.97 Å². The molecule has 0 radical (unpaired) electrons. The van der Waals surface area contributed by atoms with Crippen LogP contribution in [0.25, 0.3) is 22.3 Å². The minimum atomic E-state index is -4.43. The lowest BCUT2D eigenvalue weighted by molar-refractivity contribution is -0.137. The molecule has 0 aliphatic carbocycles. The van der Waals surface area contributed by atoms with Crippen molar-refractivity contribution < 1.29 is 23.1 Å². The van der Waals surface area contributed by atoms with Gasteiger partial charge in [0.25, 0.3) is 5.91 Å². The van der Waals surface area contributed by atoms with Crippen LogP contribution >= 0.6 is 0 Å². The first-order valence-corrected chi connectivity index (χ1v) is 10.0. The maximum absolute atomic E-state index is 12.9. The van der Waals surface area contributed by atoms with E-state index in [-0.39, 0.29) is 19.1 Å². The Morgan fingerprint density at radius 1 is 1.15 bits per heavy atom. The number of hydrogen-bond donors (Lipinski definition) is 1. The number of carbonyl (C=O) groups excluding carboxylic acids is 1. The number of hydrogen-bond acceptors (Lipinski definition) is 5. The highest BCUT2D eigenvalue weighted by Gasteiger charge is 2.30. The number of aromatic nitrogens is 4. The van der Waals surface area contributed by atoms with Crippen LogP contribution in [0.15, 0.2) is 54.9 Å². The molecule has 33 heavy (non-hydrogen) atoms. The second-order valence-corrected chi connectivity index (χ2v) is 7.49. The number of aliphatic hydroxyl groups excluding tert-OH is 1. The number of halogens is 3. The number of alkyl halides is 3. The van der Waals surface area contributed by atoms with Gasteiger partial charge in [-0.2, -0.15) is 18.3 Å². The standard InChI is InChI=1S/C23H20F3N5O2/c1-14-11-15(21-27-13-16-12-17(23(24,25)26)4-5-18(16)29-21)3-6-19(14)30(2)22(33)20-7-8-28-31(20)9-10-32/h3-8,11-13,32H,9-10H2,1-2H3. The van der Waals surface area contributed by atoms with Crippen LogP contribution < -0.4 is 4.90 Å². The molecule has 0 atom stereocenters. The third-order valence-electron chi connectivity index (χ3n) is 5.28. The summed E-state index contributed by atoms with van der Waals surface area (Å²) in [4.78, 5) is 23.0. The van der Waals surface area contributed by atoms with E-state index in [1.807, 2.05) is 13.0 Å². The van der Waals surface area contributed by atoms with Gasteiger partial charge in [0, 0.05) is 36.1 Å². The van der Waals surface area contributed by atoms with E-state index < -0.39 is 11.7 Å². The first-order chi connectivity index (χ1) is 15.7. The number of fused-ring (bicyclic) bond motifs is 1. The predicted molar refractivity (Wildman–Crippen MR) is 117 cm³/mol. The zero-order chi connectivity index (χ0) is 23.8. The summed E-state index contributed by atoms with van der Waals surface area (Å²) in [5.74, 6) is 0.0890. The van der Waals surface area contributed by atoms with Gasteiger partial charge in [0.05, 0.1) is 24.2 Å². The van der Waals surface area contributed by atoms with Crippen LogP contribution in [-0.2, 0) is 12.7 Å². The molecule has 0 bridgehead atoms. The van der Waals surface area contributed by atoms with E-state index in [1.165, 1.54) is 28.0 Å². The van der Waals surface area contributed by atoms with Gasteiger partial charge in [-0.05, 0) is 55.0 Å². The van der Waals surface area contributed by atoms with E-state index in [0.717, 1.165) is 17.7 Å². The molecule has 0 saturated carbocycles. The average Bonchev–Trinajstić information content (AvgIpc) is 3.25. The zero-order valence-corrected chi connectivity index (χ0v) is 17.8. The monoisotopic (exact) mass is 455 g/mol. The number of benzene rings is 2. The van der Waals surface area contributed by atoms with Crippen LogP contribution in [0.2, 0.25) is 0 Å². The van der Waals surface area contributed by atoms with E-state index in [4.69, 9.17) is 5.11 Å². The van der Waals surface area contributed by atoms with Gasteiger partial charge in [-0.15, -0.1) is 0 Å². The second-order valence-electron chi connectivity index (χ2n) is 7.49. The average molecular weight is 455 g/mol. The fraction of sp³-hybridized carbons (Fsp3) is 0.217. The Morgan fingerprint density at radius 3 is 2.64 bits per heavy atom. The molecule has 0 saturated heterocycles. The second kappa shape index (κ2) is 8.62. The fourth-order valence-corrected chi connectivity index (χ4v) is 3.59. The molecule has 1 N–H and O–H groups in total. The fourth-order valence-electron chi connectivity index (χ4n) is 3.59. The molecule has 10 heteroatoms. The van der Waals surface area contributed by atoms with Crippen molar-refractivity contribution in [3.63, 3.8) is 0 Å². The molecule has 0 fully saturated rings. The third-order valence-corrected chi connectivity index (χ3v) is 5.28. The third kappa shape index (κ3) is 4.42. The van der Waals surface area contributed by atoms with Crippen LogP contribution in [0.5, 0.6) is 0 Å². The van der Waals surface area contributed by atoms with E-state index in [1.54, 1.807) is 25.2 Å². The maximum atomic E-state index is 12.9. The molecule has 2 heterocycles. The molecule has 0 spiro atoms. The Labute approximate surface area is 187 Å². The zero-order valence-electron chi connectivity index (χ0n) is 17.8. The number of carbonyl (C=O) groups is 1. The van der Waals surface area contributed by atoms with E-state index in [0.29, 0.717) is 33.7 Å². The summed E-state index contributed by atoms with van der Waals surface area (Å²) in [5, 5.41) is 13.5. The number of rotatable bonds is 5. The van der Waals surface area contributed by atoms with Gasteiger partial charge in [0.2, 0.25) is 0 Å². The van der Waals surface area contributed by atoms with Crippen molar-refractivity contribution in [3.05, 3.63) is 71.7 Å². The molecule has 2 aromatic carbocycles. The van der Waals surface area contributed by atoms with Crippen LogP contribution in [0, 0.1) is 6.92 Å². The van der Waals surface area contributed by atoms with Gasteiger partial charge in [-0.3, -0.25) is 9.48 Å². The molecule has 1 amide bonds. The quantitative estimate of drug-likeness (QED) is 0.490. The molecule has 2 aromatic heterocycles. The molecule has 7 nitrogen and oxygen atoms in total. The lowest BCUT2D eigenvalue weighted by atomic mass is 10.1. The molecular formula is C23H20F3N5O2. The van der Waals surface area contributed by atoms with Crippen molar-refractivity contribution in [2.24, 2.45) is 0 Å². The Hall–Kier alpha value is -3.79.